The van der Waals surface area contributed by atoms with Gasteiger partial charge >= 0.3 is 12.2 Å². The van der Waals surface area contributed by atoms with Crippen LogP contribution in [0.3, 0.4) is 0 Å². The standard InChI is InChI=1S/C34H41N3O5.C28H29ClN2O4.C7H14O.2CH4/c1-4-25-21-36(34(39)42-22-24-9-6-5-7-10-24)18-16-26(25)12-15-32(38)30-20-33(37-17-8-11-27(37)23-40-2)35-31-14-13-28(41-3)19-29(30)31;1-3-20-17-31(28(33)35-18-19-7-5-4-6-8-19)14-13-21(20)9-12-26(32)24-16-27(29)30-25-11-10-22(34-2)15-23(24)25;1-8-6-7-4-2-3-5-7;;/h4-7,9-10,13-14,19-20,25-27H,1,8,11-12,15-18,21-23H2,2-3H3;3-8,10-11,15-16,20-21H,1,9,12-14,17-18H2,2H3;7H,2-6H2,1H3;2*1H4/t25-,26+,27-;20-,21+;;;/m00.../s1. The molecule has 16 heteroatoms. The second-order valence-electron chi connectivity index (χ2n) is 22.6. The van der Waals surface area contributed by atoms with Crippen molar-refractivity contribution in [2.45, 2.75) is 111 Å². The highest BCUT2D eigenvalue weighted by Gasteiger charge is 2.34. The average Bonchev–Trinajstić information content (AvgIpc) is 2.32. The predicted molar refractivity (Wildman–Crippen MR) is 348 cm³/mol. The van der Waals surface area contributed by atoms with E-state index in [0.29, 0.717) is 80.2 Å². The van der Waals surface area contributed by atoms with Crippen molar-refractivity contribution in [3.8, 4) is 11.5 Å². The van der Waals surface area contributed by atoms with Gasteiger partial charge in [-0.3, -0.25) is 9.59 Å². The lowest BCUT2D eigenvalue weighted by Gasteiger charge is -2.36. The number of rotatable bonds is 21. The van der Waals surface area contributed by atoms with Crippen LogP contribution in [0.2, 0.25) is 5.15 Å². The molecule has 10 rings (SSSR count). The van der Waals surface area contributed by atoms with Crippen molar-refractivity contribution in [3.63, 3.8) is 0 Å². The summed E-state index contributed by atoms with van der Waals surface area (Å²) in [5, 5.41) is 1.83. The molecule has 468 valence electrons. The van der Waals surface area contributed by atoms with Crippen LogP contribution in [0.4, 0.5) is 15.4 Å². The van der Waals surface area contributed by atoms with Gasteiger partial charge in [0.2, 0.25) is 0 Å². The van der Waals surface area contributed by atoms with Gasteiger partial charge in [0, 0.05) is 88.3 Å². The number of halogens is 1. The molecule has 15 nitrogen and oxygen atoms in total. The third kappa shape index (κ3) is 19.1. The molecule has 0 radical (unpaired) electrons. The topological polar surface area (TPSA) is 159 Å². The van der Waals surface area contributed by atoms with E-state index in [4.69, 9.17) is 45.0 Å². The maximum Gasteiger partial charge on any atom is 0.410 e. The lowest BCUT2D eigenvalue weighted by molar-refractivity contribution is 0.0692. The first-order valence-electron chi connectivity index (χ1n) is 30.0. The second-order valence-corrected chi connectivity index (χ2v) is 23.0. The highest BCUT2D eigenvalue weighted by atomic mass is 35.5. The van der Waals surface area contributed by atoms with Crippen LogP contribution in [-0.2, 0) is 32.2 Å². The quantitative estimate of drug-likeness (QED) is 0.0381. The molecular formula is C71H92ClN5O10. The number of piperidine rings is 2. The zero-order chi connectivity index (χ0) is 60.1. The minimum absolute atomic E-state index is 0. The predicted octanol–water partition coefficient (Wildman–Crippen LogP) is 15.7. The smallest absolute Gasteiger partial charge is 0.410 e. The number of carbonyl (C=O) groups is 4. The number of likely N-dealkylation sites (tertiary alicyclic amines) is 2. The van der Waals surface area contributed by atoms with Crippen LogP contribution >= 0.6 is 11.6 Å². The molecule has 5 atom stereocenters. The Morgan fingerprint density at radius 1 is 0.575 bits per heavy atom. The average molecular weight is 1210 g/mol. The van der Waals surface area contributed by atoms with E-state index in [9.17, 15) is 19.2 Å². The summed E-state index contributed by atoms with van der Waals surface area (Å²) < 4.78 is 32.3. The fraction of sp³-hybridized carbons (Fsp3) is 0.465. The number of ether oxygens (including phenoxy) is 6. The number of pyridine rings is 2. The molecule has 3 aliphatic heterocycles. The molecule has 4 aliphatic rings. The van der Waals surface area contributed by atoms with Crippen LogP contribution in [0, 0.1) is 29.6 Å². The van der Waals surface area contributed by atoms with Gasteiger partial charge in [-0.2, -0.15) is 0 Å². The number of hydrogen-bond acceptors (Lipinski definition) is 13. The zero-order valence-electron chi connectivity index (χ0n) is 50.0. The molecule has 0 N–H and O–H groups in total. The zero-order valence-corrected chi connectivity index (χ0v) is 50.7. The van der Waals surface area contributed by atoms with Crippen molar-refractivity contribution in [1.29, 1.82) is 0 Å². The Bertz CT molecular complexity index is 3180. The minimum Gasteiger partial charge on any atom is -0.497 e. The summed E-state index contributed by atoms with van der Waals surface area (Å²) in [6, 6.07) is 34.3. The molecule has 1 aliphatic carbocycles. The van der Waals surface area contributed by atoms with Crippen LogP contribution in [0.25, 0.3) is 21.8 Å². The van der Waals surface area contributed by atoms with Gasteiger partial charge in [-0.25, -0.2) is 19.6 Å². The lowest BCUT2D eigenvalue weighted by atomic mass is 9.81. The normalized spacial score (nSPS) is 19.0. The molecule has 4 fully saturated rings. The van der Waals surface area contributed by atoms with Crippen molar-refractivity contribution in [3.05, 3.63) is 162 Å². The Labute approximate surface area is 521 Å². The number of benzene rings is 4. The van der Waals surface area contributed by atoms with Crippen molar-refractivity contribution >= 4 is 63.0 Å². The van der Waals surface area contributed by atoms with Crippen LogP contribution < -0.4 is 14.4 Å². The molecule has 5 heterocycles. The number of nitrogens with zero attached hydrogens (tertiary/aromatic N) is 5. The summed E-state index contributed by atoms with van der Waals surface area (Å²) in [6.45, 7) is 13.3. The third-order valence-corrected chi connectivity index (χ3v) is 17.3. The monoisotopic (exact) mass is 1210 g/mol. The summed E-state index contributed by atoms with van der Waals surface area (Å²) in [4.78, 5) is 67.4. The molecular weight excluding hydrogens is 1120 g/mol. The molecule has 3 saturated heterocycles. The van der Waals surface area contributed by atoms with Gasteiger partial charge < -0.3 is 43.1 Å². The van der Waals surface area contributed by atoms with E-state index in [0.717, 1.165) is 84.4 Å². The van der Waals surface area contributed by atoms with Crippen LogP contribution in [0.15, 0.2) is 135 Å². The summed E-state index contributed by atoms with van der Waals surface area (Å²) >= 11 is 6.19. The maximum atomic E-state index is 13.8. The Morgan fingerprint density at radius 3 is 1.53 bits per heavy atom. The fourth-order valence-corrected chi connectivity index (χ4v) is 12.5. The number of carbonyl (C=O) groups excluding carboxylic acids is 4. The van der Waals surface area contributed by atoms with Gasteiger partial charge in [0.15, 0.2) is 11.6 Å². The number of amides is 2. The number of anilines is 1. The third-order valence-electron chi connectivity index (χ3n) is 17.1. The SMILES string of the molecule is C.C.C=C[C@H]1CN(C(=O)OCc2ccccc2)CC[C@H]1CCC(=O)c1cc(Cl)nc2ccc(OC)cc12.C=C[C@H]1CN(C(=O)OCc2ccccc2)CC[C@H]1CCC(=O)c1cc(N2CCC[C@H]2COC)nc2ccc(OC)cc12.COCC1CCCC1. The van der Waals surface area contributed by atoms with Gasteiger partial charge in [-0.05, 0) is 141 Å². The number of methoxy groups -OCH3 is 4. The molecule has 0 bridgehead atoms. The summed E-state index contributed by atoms with van der Waals surface area (Å²) in [5.41, 5.74) is 4.59. The Balaban J connectivity index is 0.000000244. The van der Waals surface area contributed by atoms with Gasteiger partial charge in [-0.1, -0.05) is 112 Å². The minimum atomic E-state index is -0.318. The molecule has 6 aromatic rings. The van der Waals surface area contributed by atoms with Gasteiger partial charge in [0.25, 0.3) is 0 Å². The van der Waals surface area contributed by atoms with E-state index in [1.165, 1.54) is 25.7 Å². The molecule has 2 amide bonds. The van der Waals surface area contributed by atoms with E-state index in [1.54, 1.807) is 56.4 Å². The first-order valence-corrected chi connectivity index (χ1v) is 30.4. The first kappa shape index (κ1) is 68.8. The number of ketones is 2. The maximum absolute atomic E-state index is 13.8. The highest BCUT2D eigenvalue weighted by Crippen LogP contribution is 2.36. The number of aromatic nitrogens is 2. The second kappa shape index (κ2) is 34.9. The fourth-order valence-electron chi connectivity index (χ4n) is 12.3. The molecule has 0 spiro atoms. The molecule has 87 heavy (non-hydrogen) atoms. The molecule has 1 saturated carbocycles. The summed E-state index contributed by atoms with van der Waals surface area (Å²) in [5.74, 6) is 3.88. The van der Waals surface area contributed by atoms with E-state index >= 15 is 0 Å². The Morgan fingerprint density at radius 2 is 1.06 bits per heavy atom. The van der Waals surface area contributed by atoms with Gasteiger partial charge in [0.1, 0.15) is 35.7 Å². The van der Waals surface area contributed by atoms with E-state index in [2.05, 4.69) is 23.0 Å². The van der Waals surface area contributed by atoms with E-state index in [1.807, 2.05) is 103 Å². The van der Waals surface area contributed by atoms with Crippen LogP contribution in [0.5, 0.6) is 11.5 Å². The molecule has 2 aromatic heterocycles. The Hall–Kier alpha value is -7.33. The summed E-state index contributed by atoms with van der Waals surface area (Å²) in [7, 11) is 6.73. The van der Waals surface area contributed by atoms with Gasteiger partial charge in [-0.15, -0.1) is 13.2 Å². The van der Waals surface area contributed by atoms with Crippen molar-refractivity contribution in [2.24, 2.45) is 29.6 Å². The first-order chi connectivity index (χ1) is 41.4. The van der Waals surface area contributed by atoms with Crippen molar-refractivity contribution in [1.82, 2.24) is 19.8 Å². The Kier molecular flexibility index (Phi) is 27.6. The highest BCUT2D eigenvalue weighted by molar-refractivity contribution is 6.30. The lowest BCUT2D eigenvalue weighted by Crippen LogP contribution is -2.43. The van der Waals surface area contributed by atoms with Crippen molar-refractivity contribution < 1.29 is 47.6 Å². The van der Waals surface area contributed by atoms with Gasteiger partial charge in [0.05, 0.1) is 37.9 Å². The molecule has 4 aromatic carbocycles. The number of fused-ring (bicyclic) bond motifs is 2. The van der Waals surface area contributed by atoms with Crippen LogP contribution in [0.1, 0.15) is 124 Å². The summed E-state index contributed by atoms with van der Waals surface area (Å²) in [6.07, 6.45) is 14.7. The number of hydrogen-bond donors (Lipinski definition) is 0. The van der Waals surface area contributed by atoms with E-state index < -0.39 is 0 Å². The van der Waals surface area contributed by atoms with E-state index in [-0.39, 0.29) is 86.7 Å². The van der Waals surface area contributed by atoms with Crippen LogP contribution in [-0.4, -0.2) is 124 Å². The molecule has 0 unspecified atom stereocenters. The number of Topliss-reactive ketones (excluding diaryl/α,β-unsaturated/α-hetero) is 2. The largest absolute Gasteiger partial charge is 0.497 e. The van der Waals surface area contributed by atoms with Crippen molar-refractivity contribution in [2.75, 3.05) is 79.3 Å².